The molecule has 3 aromatic carbocycles. The van der Waals surface area contributed by atoms with Crippen molar-refractivity contribution in [3.8, 4) is 11.1 Å². The lowest BCUT2D eigenvalue weighted by molar-refractivity contribution is 0.102. The largest absolute Gasteiger partial charge is 0.319 e. The predicted molar refractivity (Wildman–Crippen MR) is 122 cm³/mol. The number of ketones is 1. The van der Waals surface area contributed by atoms with Gasteiger partial charge in [-0.25, -0.2) is 4.98 Å². The molecule has 4 rings (SSSR count). The lowest BCUT2D eigenvalue weighted by Crippen LogP contribution is -2.05. The number of aromatic nitrogens is 2. The smallest absolute Gasteiger partial charge is 0.173 e. The van der Waals surface area contributed by atoms with Crippen molar-refractivity contribution in [3.05, 3.63) is 84.4 Å². The van der Waals surface area contributed by atoms with E-state index in [0.717, 1.165) is 52.3 Å². The molecule has 0 saturated heterocycles. The van der Waals surface area contributed by atoms with Crippen molar-refractivity contribution >= 4 is 28.6 Å². The Hall–Kier alpha value is -2.85. The van der Waals surface area contributed by atoms with Gasteiger partial charge in [0, 0.05) is 12.1 Å². The van der Waals surface area contributed by atoms with E-state index in [2.05, 4.69) is 29.7 Å². The van der Waals surface area contributed by atoms with Gasteiger partial charge in [0.1, 0.15) is 0 Å². The third-order valence-electron chi connectivity index (χ3n) is 5.00. The van der Waals surface area contributed by atoms with Gasteiger partial charge in [0.2, 0.25) is 0 Å². The molecule has 29 heavy (non-hydrogen) atoms. The van der Waals surface area contributed by atoms with Gasteiger partial charge in [0.05, 0.1) is 16.8 Å². The second kappa shape index (κ2) is 9.10. The molecular weight excluding hydrogens is 376 g/mol. The Morgan fingerprint density at radius 1 is 0.897 bits per heavy atom. The number of imidazole rings is 1. The fourth-order valence-corrected chi connectivity index (χ4v) is 4.32. The average Bonchev–Trinajstić information content (AvgIpc) is 3.14. The zero-order valence-corrected chi connectivity index (χ0v) is 17.4. The normalized spacial score (nSPS) is 11.1. The highest BCUT2D eigenvalue weighted by molar-refractivity contribution is 7.99. The third-order valence-corrected chi connectivity index (χ3v) is 5.98. The van der Waals surface area contributed by atoms with Crippen molar-refractivity contribution in [3.63, 3.8) is 0 Å². The SMILES string of the molecule is CCCCn1c(SCC(=O)c2ccc(-c3ccccc3)cc2)nc2ccccc21. The maximum Gasteiger partial charge on any atom is 0.173 e. The summed E-state index contributed by atoms with van der Waals surface area (Å²) in [5.74, 6) is 0.517. The Balaban J connectivity index is 1.48. The van der Waals surface area contributed by atoms with Crippen LogP contribution in [0.1, 0.15) is 30.1 Å². The molecule has 0 unspecified atom stereocenters. The van der Waals surface area contributed by atoms with E-state index in [1.807, 2.05) is 60.7 Å². The molecular formula is C25H24N2OS. The van der Waals surface area contributed by atoms with Crippen LogP contribution in [0.2, 0.25) is 0 Å². The number of rotatable bonds is 8. The van der Waals surface area contributed by atoms with Gasteiger partial charge < -0.3 is 4.57 Å². The highest BCUT2D eigenvalue weighted by Gasteiger charge is 2.13. The van der Waals surface area contributed by atoms with Gasteiger partial charge in [-0.2, -0.15) is 0 Å². The van der Waals surface area contributed by atoms with Crippen molar-refractivity contribution < 1.29 is 4.79 Å². The first-order chi connectivity index (χ1) is 14.3. The predicted octanol–water partition coefficient (Wildman–Crippen LogP) is 6.48. The zero-order valence-electron chi connectivity index (χ0n) is 16.5. The average molecular weight is 401 g/mol. The molecule has 0 atom stereocenters. The standard InChI is InChI=1S/C25H24N2OS/c1-2-3-17-27-23-12-8-7-11-22(23)26-25(27)29-18-24(28)21-15-13-20(14-16-21)19-9-5-4-6-10-19/h4-16H,2-3,17-18H2,1H3. The van der Waals surface area contributed by atoms with Crippen LogP contribution >= 0.6 is 11.8 Å². The number of unbranched alkanes of at least 4 members (excludes halogenated alkanes) is 1. The highest BCUT2D eigenvalue weighted by Crippen LogP contribution is 2.26. The molecule has 0 amide bonds. The van der Waals surface area contributed by atoms with Crippen LogP contribution in [0, 0.1) is 0 Å². The third kappa shape index (κ3) is 4.43. The van der Waals surface area contributed by atoms with Gasteiger partial charge in [0.25, 0.3) is 0 Å². The van der Waals surface area contributed by atoms with Gasteiger partial charge in [-0.3, -0.25) is 4.79 Å². The zero-order chi connectivity index (χ0) is 20.1. The summed E-state index contributed by atoms with van der Waals surface area (Å²) in [6, 6.07) is 26.3. The molecule has 1 heterocycles. The topological polar surface area (TPSA) is 34.9 Å². The summed E-state index contributed by atoms with van der Waals surface area (Å²) < 4.78 is 2.25. The number of para-hydroxylation sites is 2. The summed E-state index contributed by atoms with van der Waals surface area (Å²) in [5, 5.41) is 0.925. The number of nitrogens with zero attached hydrogens (tertiary/aromatic N) is 2. The number of thioether (sulfide) groups is 1. The van der Waals surface area contributed by atoms with Gasteiger partial charge in [-0.15, -0.1) is 0 Å². The van der Waals surface area contributed by atoms with Gasteiger partial charge >= 0.3 is 0 Å². The summed E-state index contributed by atoms with van der Waals surface area (Å²) >= 11 is 1.53. The van der Waals surface area contributed by atoms with E-state index in [1.54, 1.807) is 0 Å². The number of benzene rings is 3. The van der Waals surface area contributed by atoms with Crippen LogP contribution in [-0.4, -0.2) is 21.1 Å². The molecule has 146 valence electrons. The van der Waals surface area contributed by atoms with Crippen molar-refractivity contribution in [1.29, 1.82) is 0 Å². The van der Waals surface area contributed by atoms with Crippen LogP contribution < -0.4 is 0 Å². The summed E-state index contributed by atoms with van der Waals surface area (Å²) in [6.45, 7) is 3.12. The molecule has 4 aromatic rings. The van der Waals surface area contributed by atoms with Crippen LogP contribution in [0.15, 0.2) is 84.0 Å². The lowest BCUT2D eigenvalue weighted by Gasteiger charge is -2.08. The van der Waals surface area contributed by atoms with E-state index in [4.69, 9.17) is 4.98 Å². The monoisotopic (exact) mass is 400 g/mol. The quantitative estimate of drug-likeness (QED) is 0.251. The molecule has 0 spiro atoms. The van der Waals surface area contributed by atoms with Crippen molar-refractivity contribution in [2.75, 3.05) is 5.75 Å². The van der Waals surface area contributed by atoms with E-state index in [0.29, 0.717) is 5.75 Å². The molecule has 0 radical (unpaired) electrons. The van der Waals surface area contributed by atoms with E-state index in [1.165, 1.54) is 11.8 Å². The minimum atomic E-state index is 0.128. The molecule has 0 N–H and O–H groups in total. The first-order valence-electron chi connectivity index (χ1n) is 10.0. The number of aryl methyl sites for hydroxylation is 1. The second-order valence-electron chi connectivity index (χ2n) is 7.04. The molecule has 0 saturated carbocycles. The number of hydrogen-bond donors (Lipinski definition) is 0. The molecule has 0 fully saturated rings. The molecule has 0 aliphatic carbocycles. The molecule has 1 aromatic heterocycles. The summed E-state index contributed by atoms with van der Waals surface area (Å²) in [7, 11) is 0. The van der Waals surface area contributed by atoms with Crippen molar-refractivity contribution in [2.45, 2.75) is 31.5 Å². The Labute approximate surface area is 175 Å². The summed E-state index contributed by atoms with van der Waals surface area (Å²) in [6.07, 6.45) is 2.23. The number of Topliss-reactive ketones (excluding diaryl/α,β-unsaturated/α-hetero) is 1. The number of carbonyl (C=O) groups excluding carboxylic acids is 1. The second-order valence-corrected chi connectivity index (χ2v) is 7.99. The molecule has 0 aliphatic rings. The maximum absolute atomic E-state index is 12.7. The minimum absolute atomic E-state index is 0.128. The van der Waals surface area contributed by atoms with E-state index in [9.17, 15) is 4.79 Å². The van der Waals surface area contributed by atoms with E-state index >= 15 is 0 Å². The Kier molecular flexibility index (Phi) is 6.11. The van der Waals surface area contributed by atoms with Crippen molar-refractivity contribution in [1.82, 2.24) is 9.55 Å². The van der Waals surface area contributed by atoms with Crippen LogP contribution in [-0.2, 0) is 6.54 Å². The Morgan fingerprint density at radius 3 is 2.34 bits per heavy atom. The number of hydrogen-bond acceptors (Lipinski definition) is 3. The first-order valence-corrected chi connectivity index (χ1v) is 11.0. The lowest BCUT2D eigenvalue weighted by atomic mass is 10.0. The van der Waals surface area contributed by atoms with Crippen LogP contribution in [0.25, 0.3) is 22.2 Å². The van der Waals surface area contributed by atoms with Gasteiger partial charge in [-0.1, -0.05) is 91.8 Å². The first kappa shape index (κ1) is 19.5. The minimum Gasteiger partial charge on any atom is -0.319 e. The Morgan fingerprint density at radius 2 is 1.59 bits per heavy atom. The summed E-state index contributed by atoms with van der Waals surface area (Å²) in [5.41, 5.74) is 5.16. The molecule has 0 bridgehead atoms. The van der Waals surface area contributed by atoms with Crippen LogP contribution in [0.3, 0.4) is 0 Å². The maximum atomic E-state index is 12.7. The fourth-order valence-electron chi connectivity index (χ4n) is 3.39. The summed E-state index contributed by atoms with van der Waals surface area (Å²) in [4.78, 5) is 17.5. The Bertz CT molecular complexity index is 1100. The fraction of sp³-hybridized carbons (Fsp3) is 0.200. The number of fused-ring (bicyclic) bond motifs is 1. The molecule has 3 nitrogen and oxygen atoms in total. The van der Waals surface area contributed by atoms with Gasteiger partial charge in [-0.05, 0) is 29.7 Å². The number of carbonyl (C=O) groups is 1. The highest BCUT2D eigenvalue weighted by atomic mass is 32.2. The molecule has 4 heteroatoms. The van der Waals surface area contributed by atoms with Crippen LogP contribution in [0.5, 0.6) is 0 Å². The van der Waals surface area contributed by atoms with E-state index in [-0.39, 0.29) is 5.78 Å². The molecule has 0 aliphatic heterocycles. The van der Waals surface area contributed by atoms with Gasteiger partial charge in [0.15, 0.2) is 10.9 Å². The van der Waals surface area contributed by atoms with E-state index < -0.39 is 0 Å². The van der Waals surface area contributed by atoms with Crippen LogP contribution in [0.4, 0.5) is 0 Å². The van der Waals surface area contributed by atoms with Crippen molar-refractivity contribution in [2.24, 2.45) is 0 Å².